The summed E-state index contributed by atoms with van der Waals surface area (Å²) in [7, 11) is 0. The van der Waals surface area contributed by atoms with Crippen molar-refractivity contribution >= 4 is 0 Å². The molecule has 1 atom stereocenters. The average Bonchev–Trinajstić information content (AvgIpc) is 2.65. The van der Waals surface area contributed by atoms with Gasteiger partial charge in [0.15, 0.2) is 0 Å². The van der Waals surface area contributed by atoms with E-state index in [1.165, 1.54) is 0 Å². The van der Waals surface area contributed by atoms with Gasteiger partial charge in [0.1, 0.15) is 5.75 Å². The molecule has 0 aliphatic rings. The number of hydrogen-bond acceptors (Lipinski definition) is 5. The first-order valence-electron chi connectivity index (χ1n) is 4.95. The van der Waals surface area contributed by atoms with Crippen LogP contribution in [0.25, 0.3) is 11.4 Å². The van der Waals surface area contributed by atoms with Crippen LogP contribution in [0.3, 0.4) is 0 Å². The lowest BCUT2D eigenvalue weighted by Crippen LogP contribution is -2.04. The van der Waals surface area contributed by atoms with E-state index >= 15 is 0 Å². The van der Waals surface area contributed by atoms with E-state index in [0.29, 0.717) is 23.7 Å². The molecule has 1 aromatic carbocycles. The van der Waals surface area contributed by atoms with Gasteiger partial charge in [0.25, 0.3) is 0 Å². The largest absolute Gasteiger partial charge is 0.508 e. The Morgan fingerprint density at radius 1 is 1.44 bits per heavy atom. The Kier molecular flexibility index (Phi) is 2.87. The monoisotopic (exact) mass is 220 g/mol. The molecule has 1 unspecified atom stereocenters. The maximum Gasteiger partial charge on any atom is 0.229 e. The molecule has 0 aliphatic carbocycles. The lowest BCUT2D eigenvalue weighted by Gasteiger charge is -1.96. The zero-order valence-corrected chi connectivity index (χ0v) is 8.79. The van der Waals surface area contributed by atoms with E-state index in [1.54, 1.807) is 31.2 Å². The molecule has 0 amide bonds. The van der Waals surface area contributed by atoms with Crippen LogP contribution < -0.4 is 0 Å². The summed E-state index contributed by atoms with van der Waals surface area (Å²) in [6, 6.07) is 6.60. The third kappa shape index (κ3) is 2.38. The molecule has 5 heteroatoms. The molecule has 0 bridgehead atoms. The number of phenols is 1. The van der Waals surface area contributed by atoms with Gasteiger partial charge in [0, 0.05) is 5.56 Å². The van der Waals surface area contributed by atoms with Crippen molar-refractivity contribution in [2.45, 2.75) is 19.4 Å². The SMILES string of the molecule is CC(O)Cc1nc(-c2cccc(O)c2)no1. The van der Waals surface area contributed by atoms with Crippen LogP contribution in [-0.4, -0.2) is 26.5 Å². The summed E-state index contributed by atoms with van der Waals surface area (Å²) in [5, 5.41) is 22.2. The van der Waals surface area contributed by atoms with Gasteiger partial charge < -0.3 is 14.7 Å². The van der Waals surface area contributed by atoms with Crippen molar-refractivity contribution in [3.8, 4) is 17.1 Å². The van der Waals surface area contributed by atoms with Crippen molar-refractivity contribution in [2.75, 3.05) is 0 Å². The number of benzene rings is 1. The van der Waals surface area contributed by atoms with Gasteiger partial charge in [-0.15, -0.1) is 0 Å². The first-order chi connectivity index (χ1) is 7.65. The predicted molar refractivity (Wildman–Crippen MR) is 56.8 cm³/mol. The summed E-state index contributed by atoms with van der Waals surface area (Å²) in [6.07, 6.45) is -0.191. The average molecular weight is 220 g/mol. The molecule has 0 fully saturated rings. The van der Waals surface area contributed by atoms with Crippen LogP contribution in [0.1, 0.15) is 12.8 Å². The van der Waals surface area contributed by atoms with Crippen molar-refractivity contribution < 1.29 is 14.7 Å². The number of aromatic hydroxyl groups is 1. The summed E-state index contributed by atoms with van der Waals surface area (Å²) < 4.78 is 4.97. The number of aliphatic hydroxyl groups excluding tert-OH is 1. The molecule has 1 heterocycles. The van der Waals surface area contributed by atoms with Gasteiger partial charge in [-0.2, -0.15) is 4.98 Å². The van der Waals surface area contributed by atoms with Crippen molar-refractivity contribution in [3.63, 3.8) is 0 Å². The van der Waals surface area contributed by atoms with Crippen LogP contribution in [-0.2, 0) is 6.42 Å². The van der Waals surface area contributed by atoms with E-state index in [0.717, 1.165) is 0 Å². The molecule has 2 N–H and O–H groups in total. The Balaban J connectivity index is 2.24. The molecule has 5 nitrogen and oxygen atoms in total. The minimum atomic E-state index is -0.516. The molecule has 1 aromatic heterocycles. The minimum Gasteiger partial charge on any atom is -0.508 e. The van der Waals surface area contributed by atoms with E-state index in [-0.39, 0.29) is 5.75 Å². The van der Waals surface area contributed by atoms with Crippen LogP contribution in [0.2, 0.25) is 0 Å². The molecule has 2 aromatic rings. The van der Waals surface area contributed by atoms with Crippen LogP contribution in [0.15, 0.2) is 28.8 Å². The van der Waals surface area contributed by atoms with Crippen LogP contribution in [0.5, 0.6) is 5.75 Å². The molecule has 0 aliphatic heterocycles. The quantitative estimate of drug-likeness (QED) is 0.816. The Morgan fingerprint density at radius 3 is 2.94 bits per heavy atom. The number of aliphatic hydroxyl groups is 1. The highest BCUT2D eigenvalue weighted by Crippen LogP contribution is 2.20. The number of rotatable bonds is 3. The molecule has 0 saturated carbocycles. The minimum absolute atomic E-state index is 0.152. The van der Waals surface area contributed by atoms with E-state index < -0.39 is 6.10 Å². The van der Waals surface area contributed by atoms with E-state index in [4.69, 9.17) is 9.63 Å². The lowest BCUT2D eigenvalue weighted by molar-refractivity contribution is 0.181. The Labute approximate surface area is 92.4 Å². The standard InChI is InChI=1S/C11H12N2O3/c1-7(14)5-10-12-11(13-16-10)8-3-2-4-9(15)6-8/h2-4,6-7,14-15H,5H2,1H3. The Morgan fingerprint density at radius 2 is 2.25 bits per heavy atom. The van der Waals surface area contributed by atoms with Gasteiger partial charge >= 0.3 is 0 Å². The molecule has 2 rings (SSSR count). The second-order valence-electron chi connectivity index (χ2n) is 3.62. The van der Waals surface area contributed by atoms with Gasteiger partial charge in [-0.1, -0.05) is 17.3 Å². The summed E-state index contributed by atoms with van der Waals surface area (Å²) >= 11 is 0. The fourth-order valence-corrected chi connectivity index (χ4v) is 1.35. The lowest BCUT2D eigenvalue weighted by atomic mass is 10.2. The fraction of sp³-hybridized carbons (Fsp3) is 0.273. The van der Waals surface area contributed by atoms with Gasteiger partial charge in [-0.05, 0) is 19.1 Å². The second kappa shape index (κ2) is 4.32. The molecule has 0 spiro atoms. The Bertz CT molecular complexity index is 480. The molecule has 0 radical (unpaired) electrons. The predicted octanol–water partition coefficient (Wildman–Crippen LogP) is 1.37. The molecule has 16 heavy (non-hydrogen) atoms. The third-order valence-electron chi connectivity index (χ3n) is 2.04. The maximum atomic E-state index is 9.30. The highest BCUT2D eigenvalue weighted by atomic mass is 16.5. The van der Waals surface area contributed by atoms with Gasteiger partial charge in [0.2, 0.25) is 11.7 Å². The summed E-state index contributed by atoms with van der Waals surface area (Å²) in [5.41, 5.74) is 0.681. The van der Waals surface area contributed by atoms with Gasteiger partial charge in [-0.25, -0.2) is 0 Å². The second-order valence-corrected chi connectivity index (χ2v) is 3.62. The first-order valence-corrected chi connectivity index (χ1v) is 4.95. The smallest absolute Gasteiger partial charge is 0.229 e. The number of hydrogen-bond donors (Lipinski definition) is 2. The fourth-order valence-electron chi connectivity index (χ4n) is 1.35. The highest BCUT2D eigenvalue weighted by Gasteiger charge is 2.10. The highest BCUT2D eigenvalue weighted by molar-refractivity contribution is 5.56. The summed E-state index contributed by atoms with van der Waals surface area (Å²) in [6.45, 7) is 1.65. The van der Waals surface area contributed by atoms with Crippen LogP contribution in [0, 0.1) is 0 Å². The van der Waals surface area contributed by atoms with Crippen molar-refractivity contribution in [3.05, 3.63) is 30.2 Å². The summed E-state index contributed by atoms with van der Waals surface area (Å²) in [5.74, 6) is 0.944. The van der Waals surface area contributed by atoms with Crippen molar-refractivity contribution in [1.29, 1.82) is 0 Å². The maximum absolute atomic E-state index is 9.30. The number of nitrogens with zero attached hydrogens (tertiary/aromatic N) is 2. The van der Waals surface area contributed by atoms with Crippen molar-refractivity contribution in [2.24, 2.45) is 0 Å². The summed E-state index contributed by atoms with van der Waals surface area (Å²) in [4.78, 5) is 4.11. The number of aromatic nitrogens is 2. The number of phenolic OH excluding ortho intramolecular Hbond substituents is 1. The van der Waals surface area contributed by atoms with E-state index in [1.807, 2.05) is 0 Å². The van der Waals surface area contributed by atoms with E-state index in [9.17, 15) is 5.11 Å². The molecule has 0 saturated heterocycles. The van der Waals surface area contributed by atoms with Crippen LogP contribution >= 0.6 is 0 Å². The Hall–Kier alpha value is -1.88. The molecule has 84 valence electrons. The zero-order chi connectivity index (χ0) is 11.5. The molecular formula is C11H12N2O3. The molecular weight excluding hydrogens is 208 g/mol. The third-order valence-corrected chi connectivity index (χ3v) is 2.04. The van der Waals surface area contributed by atoms with Crippen LogP contribution in [0.4, 0.5) is 0 Å². The van der Waals surface area contributed by atoms with Crippen molar-refractivity contribution in [1.82, 2.24) is 10.1 Å². The zero-order valence-electron chi connectivity index (χ0n) is 8.79. The topological polar surface area (TPSA) is 79.4 Å². The first kappa shape index (κ1) is 10.6. The normalized spacial score (nSPS) is 12.6. The van der Waals surface area contributed by atoms with Gasteiger partial charge in [0.05, 0.1) is 12.5 Å². The van der Waals surface area contributed by atoms with Gasteiger partial charge in [-0.3, -0.25) is 0 Å². The van der Waals surface area contributed by atoms with E-state index in [2.05, 4.69) is 10.1 Å².